The van der Waals surface area contributed by atoms with Crippen LogP contribution in [0.1, 0.15) is 18.1 Å². The van der Waals surface area contributed by atoms with Crippen LogP contribution in [0.3, 0.4) is 0 Å². The molecular formula is C21H24Cl3N3O4S. The van der Waals surface area contributed by atoms with Crippen LogP contribution in [0.5, 0.6) is 0 Å². The van der Waals surface area contributed by atoms with E-state index in [4.69, 9.17) is 34.8 Å². The summed E-state index contributed by atoms with van der Waals surface area (Å²) in [6.45, 7) is 2.73. The average Bonchev–Trinajstić information content (AvgIpc) is 2.70. The number of nitrogens with zero attached hydrogens (tertiary/aromatic N) is 2. The molecule has 0 radical (unpaired) electrons. The lowest BCUT2D eigenvalue weighted by Crippen LogP contribution is -2.50. The summed E-state index contributed by atoms with van der Waals surface area (Å²) in [6.07, 6.45) is 1.01. The molecule has 0 aromatic heterocycles. The molecule has 32 heavy (non-hydrogen) atoms. The van der Waals surface area contributed by atoms with Gasteiger partial charge in [0.05, 0.1) is 11.9 Å². The number of anilines is 1. The van der Waals surface area contributed by atoms with Crippen LogP contribution in [0.25, 0.3) is 0 Å². The van der Waals surface area contributed by atoms with E-state index in [2.05, 4.69) is 5.32 Å². The number of amides is 2. The van der Waals surface area contributed by atoms with Crippen molar-refractivity contribution in [3.8, 4) is 0 Å². The second-order valence-electron chi connectivity index (χ2n) is 7.25. The van der Waals surface area contributed by atoms with Crippen LogP contribution in [0.2, 0.25) is 15.1 Å². The first-order valence-corrected chi connectivity index (χ1v) is 12.5. The van der Waals surface area contributed by atoms with Gasteiger partial charge < -0.3 is 10.2 Å². The number of carbonyl (C=O) groups excluding carboxylic acids is 2. The third-order valence-corrected chi connectivity index (χ3v) is 6.82. The lowest BCUT2D eigenvalue weighted by Gasteiger charge is -2.31. The molecule has 0 bridgehead atoms. The van der Waals surface area contributed by atoms with Gasteiger partial charge in [0.25, 0.3) is 0 Å². The van der Waals surface area contributed by atoms with Crippen LogP contribution in [-0.4, -0.2) is 51.0 Å². The number of nitrogens with one attached hydrogen (secondary N) is 1. The monoisotopic (exact) mass is 519 g/mol. The van der Waals surface area contributed by atoms with E-state index in [1.165, 1.54) is 24.1 Å². The molecule has 11 heteroatoms. The normalized spacial score (nSPS) is 12.2. The molecular weight excluding hydrogens is 497 g/mol. The number of benzene rings is 2. The van der Waals surface area contributed by atoms with Crippen LogP contribution in [0, 0.1) is 6.92 Å². The largest absolute Gasteiger partial charge is 0.357 e. The molecule has 0 aliphatic rings. The van der Waals surface area contributed by atoms with E-state index in [-0.39, 0.29) is 6.54 Å². The van der Waals surface area contributed by atoms with E-state index in [0.29, 0.717) is 31.9 Å². The van der Waals surface area contributed by atoms with Gasteiger partial charge in [0.2, 0.25) is 21.8 Å². The van der Waals surface area contributed by atoms with Crippen LogP contribution in [-0.2, 0) is 26.2 Å². The van der Waals surface area contributed by atoms with Crippen LogP contribution < -0.4 is 9.62 Å². The fourth-order valence-electron chi connectivity index (χ4n) is 3.12. The minimum absolute atomic E-state index is 0.0133. The van der Waals surface area contributed by atoms with Gasteiger partial charge in [0.15, 0.2) is 0 Å². The predicted octanol–water partition coefficient (Wildman–Crippen LogP) is 3.88. The minimum Gasteiger partial charge on any atom is -0.357 e. The third kappa shape index (κ3) is 6.51. The van der Waals surface area contributed by atoms with Gasteiger partial charge in [0, 0.05) is 28.7 Å². The molecule has 0 aliphatic heterocycles. The van der Waals surface area contributed by atoms with Gasteiger partial charge in [-0.15, -0.1) is 0 Å². The molecule has 0 aliphatic carbocycles. The zero-order valence-corrected chi connectivity index (χ0v) is 21.1. The molecule has 0 heterocycles. The lowest BCUT2D eigenvalue weighted by atomic mass is 10.1. The summed E-state index contributed by atoms with van der Waals surface area (Å²) < 4.78 is 26.1. The molecule has 2 aromatic carbocycles. The Morgan fingerprint density at radius 1 is 1.06 bits per heavy atom. The Morgan fingerprint density at radius 3 is 2.19 bits per heavy atom. The van der Waals surface area contributed by atoms with Gasteiger partial charge in [-0.3, -0.25) is 13.9 Å². The van der Waals surface area contributed by atoms with Gasteiger partial charge in [-0.1, -0.05) is 40.9 Å². The molecule has 0 unspecified atom stereocenters. The fraction of sp³-hybridized carbons (Fsp3) is 0.333. The van der Waals surface area contributed by atoms with E-state index < -0.39 is 34.4 Å². The molecule has 7 nitrogen and oxygen atoms in total. The van der Waals surface area contributed by atoms with Crippen molar-refractivity contribution in [2.24, 2.45) is 0 Å². The zero-order chi connectivity index (χ0) is 24.2. The molecule has 2 rings (SSSR count). The maximum absolute atomic E-state index is 13.3. The molecule has 0 fully saturated rings. The molecule has 0 saturated carbocycles. The fourth-order valence-corrected chi connectivity index (χ4v) is 4.72. The average molecular weight is 521 g/mol. The van der Waals surface area contributed by atoms with Gasteiger partial charge in [-0.25, -0.2) is 8.42 Å². The minimum atomic E-state index is -3.82. The van der Waals surface area contributed by atoms with E-state index >= 15 is 0 Å². The number of hydrogen-bond donors (Lipinski definition) is 1. The Balaban J connectivity index is 2.45. The smallest absolute Gasteiger partial charge is 0.244 e. The molecule has 0 spiro atoms. The van der Waals surface area contributed by atoms with Crippen molar-refractivity contribution in [3.63, 3.8) is 0 Å². The summed E-state index contributed by atoms with van der Waals surface area (Å²) in [5, 5.41) is 3.70. The van der Waals surface area contributed by atoms with Crippen molar-refractivity contribution in [3.05, 3.63) is 62.6 Å². The van der Waals surface area contributed by atoms with Crippen LogP contribution >= 0.6 is 34.8 Å². The Bertz CT molecular complexity index is 1130. The van der Waals surface area contributed by atoms with Crippen molar-refractivity contribution in [1.29, 1.82) is 0 Å². The van der Waals surface area contributed by atoms with Gasteiger partial charge in [0.1, 0.15) is 12.6 Å². The van der Waals surface area contributed by atoms with Crippen molar-refractivity contribution in [2.45, 2.75) is 26.4 Å². The summed E-state index contributed by atoms with van der Waals surface area (Å²) in [7, 11) is -2.37. The van der Waals surface area contributed by atoms with E-state index in [1.54, 1.807) is 38.1 Å². The molecule has 1 atom stereocenters. The Morgan fingerprint density at radius 2 is 1.66 bits per heavy atom. The number of carbonyl (C=O) groups is 2. The van der Waals surface area contributed by atoms with Gasteiger partial charge in [-0.2, -0.15) is 0 Å². The molecule has 174 valence electrons. The number of halogens is 3. The highest BCUT2D eigenvalue weighted by atomic mass is 35.5. The first-order valence-electron chi connectivity index (χ1n) is 9.54. The highest BCUT2D eigenvalue weighted by molar-refractivity contribution is 7.92. The lowest BCUT2D eigenvalue weighted by molar-refractivity contribution is -0.139. The van der Waals surface area contributed by atoms with E-state index in [1.807, 2.05) is 0 Å². The molecule has 2 aromatic rings. The summed E-state index contributed by atoms with van der Waals surface area (Å²) in [6, 6.07) is 8.62. The topological polar surface area (TPSA) is 86.8 Å². The number of aryl methyl sites for hydroxylation is 1. The molecule has 2 amide bonds. The Hall–Kier alpha value is -2.00. The maximum atomic E-state index is 13.3. The Kier molecular flexibility index (Phi) is 8.82. The number of hydrogen-bond acceptors (Lipinski definition) is 4. The first kappa shape index (κ1) is 26.3. The van der Waals surface area contributed by atoms with E-state index in [9.17, 15) is 18.0 Å². The highest BCUT2D eigenvalue weighted by Crippen LogP contribution is 2.27. The summed E-state index contributed by atoms with van der Waals surface area (Å²) in [5.41, 5.74) is 1.47. The Labute approximate surface area is 203 Å². The quantitative estimate of drug-likeness (QED) is 0.572. The van der Waals surface area contributed by atoms with Crippen molar-refractivity contribution in [2.75, 3.05) is 24.2 Å². The number of rotatable bonds is 8. The molecule has 1 N–H and O–H groups in total. The van der Waals surface area contributed by atoms with E-state index in [0.717, 1.165) is 10.6 Å². The summed E-state index contributed by atoms with van der Waals surface area (Å²) in [5.74, 6) is -0.982. The third-order valence-electron chi connectivity index (χ3n) is 4.88. The van der Waals surface area contributed by atoms with Crippen molar-refractivity contribution >= 4 is 62.3 Å². The second kappa shape index (κ2) is 10.7. The summed E-state index contributed by atoms with van der Waals surface area (Å²) >= 11 is 18.2. The number of likely N-dealkylation sites (N-methyl/N-ethyl adjacent to an activating group) is 1. The van der Waals surface area contributed by atoms with Gasteiger partial charge in [-0.05, 0) is 55.3 Å². The second-order valence-corrected chi connectivity index (χ2v) is 10.4. The summed E-state index contributed by atoms with van der Waals surface area (Å²) in [4.78, 5) is 26.9. The number of sulfonamides is 1. The van der Waals surface area contributed by atoms with Crippen LogP contribution in [0.4, 0.5) is 5.69 Å². The molecule has 0 saturated heterocycles. The maximum Gasteiger partial charge on any atom is 0.244 e. The SMILES string of the molecule is CNC(=O)[C@@H](C)N(Cc1ccc(Cl)cc1Cl)C(=O)CN(c1ccc(Cl)cc1C)S(C)(=O)=O. The predicted molar refractivity (Wildman–Crippen MR) is 129 cm³/mol. The highest BCUT2D eigenvalue weighted by Gasteiger charge is 2.30. The first-order chi connectivity index (χ1) is 14.8. The van der Waals surface area contributed by atoms with Crippen molar-refractivity contribution in [1.82, 2.24) is 10.2 Å². The zero-order valence-electron chi connectivity index (χ0n) is 18.0. The standard InChI is InChI=1S/C21H24Cl3N3O4S/c1-13-9-16(22)7-8-19(13)27(32(4,30)31)12-20(28)26(14(2)21(29)25-3)11-15-5-6-17(23)10-18(15)24/h5-10,14H,11-12H2,1-4H3,(H,25,29)/t14-/m1/s1. The van der Waals surface area contributed by atoms with Gasteiger partial charge >= 0.3 is 0 Å². The van der Waals surface area contributed by atoms with Crippen molar-refractivity contribution < 1.29 is 18.0 Å². The van der Waals surface area contributed by atoms with Crippen LogP contribution in [0.15, 0.2) is 36.4 Å².